The van der Waals surface area contributed by atoms with Gasteiger partial charge in [0.05, 0.1) is 12.3 Å². The molecule has 3 aromatic rings. The Morgan fingerprint density at radius 1 is 1.12 bits per heavy atom. The van der Waals surface area contributed by atoms with Crippen molar-refractivity contribution in [2.45, 2.75) is 39.4 Å². The van der Waals surface area contributed by atoms with E-state index in [2.05, 4.69) is 15.1 Å². The highest BCUT2D eigenvalue weighted by Gasteiger charge is 2.50. The van der Waals surface area contributed by atoms with Gasteiger partial charge >= 0.3 is 0 Å². The fourth-order valence-corrected chi connectivity index (χ4v) is 4.53. The monoisotopic (exact) mass is 473 g/mol. The number of nitrogens with zero attached hydrogens (tertiary/aromatic N) is 4. The number of carbonyl (C=O) groups is 1. The zero-order valence-corrected chi connectivity index (χ0v) is 20.0. The largest absolute Gasteiger partial charge is 0.307 e. The van der Waals surface area contributed by atoms with Crippen molar-refractivity contribution in [3.05, 3.63) is 94.8 Å². The smallest absolute Gasteiger partial charge is 0.259 e. The number of aromatic nitrogens is 1. The molecule has 4 rings (SSSR count). The molecule has 0 aliphatic carbocycles. The van der Waals surface area contributed by atoms with Crippen molar-refractivity contribution in [2.75, 3.05) is 9.80 Å². The summed E-state index contributed by atoms with van der Waals surface area (Å²) in [6.07, 6.45) is 1.72. The summed E-state index contributed by atoms with van der Waals surface area (Å²) >= 11 is 5.69. The lowest BCUT2D eigenvalue weighted by Crippen LogP contribution is -2.44. The minimum Gasteiger partial charge on any atom is -0.307 e. The summed E-state index contributed by atoms with van der Waals surface area (Å²) in [5.41, 5.74) is 2.75. The van der Waals surface area contributed by atoms with Crippen LogP contribution in [0.25, 0.3) is 4.85 Å². The highest BCUT2D eigenvalue weighted by Crippen LogP contribution is 2.38. The highest BCUT2D eigenvalue weighted by atomic mass is 32.1. The number of halogens is 1. The highest BCUT2D eigenvalue weighted by molar-refractivity contribution is 7.81. The van der Waals surface area contributed by atoms with Gasteiger partial charge in [0.2, 0.25) is 0 Å². The number of pyridine rings is 1. The van der Waals surface area contributed by atoms with E-state index in [4.69, 9.17) is 18.8 Å². The molecule has 0 bridgehead atoms. The lowest BCUT2D eigenvalue weighted by molar-refractivity contribution is -0.120. The van der Waals surface area contributed by atoms with E-state index in [-0.39, 0.29) is 16.8 Å². The Morgan fingerprint density at radius 3 is 2.53 bits per heavy atom. The van der Waals surface area contributed by atoms with E-state index < -0.39 is 5.54 Å². The Bertz CT molecular complexity index is 1300. The summed E-state index contributed by atoms with van der Waals surface area (Å²) in [4.78, 5) is 24.2. The first-order chi connectivity index (χ1) is 16.2. The first kappa shape index (κ1) is 23.5. The van der Waals surface area contributed by atoms with Gasteiger partial charge in [0.1, 0.15) is 11.4 Å². The van der Waals surface area contributed by atoms with E-state index in [1.54, 1.807) is 55.3 Å². The van der Waals surface area contributed by atoms with Gasteiger partial charge in [-0.25, -0.2) is 9.24 Å². The molecule has 1 saturated heterocycles. The zero-order valence-electron chi connectivity index (χ0n) is 19.2. The lowest BCUT2D eigenvalue weighted by atomic mass is 10.0. The fourth-order valence-electron chi connectivity index (χ4n) is 4.01. The van der Waals surface area contributed by atoms with Crippen molar-refractivity contribution in [1.29, 1.82) is 0 Å². The van der Waals surface area contributed by atoms with Gasteiger partial charge in [-0.05, 0) is 75.0 Å². The molecule has 1 N–H and O–H groups in total. The molecule has 1 fully saturated rings. The van der Waals surface area contributed by atoms with Crippen LogP contribution in [0.3, 0.4) is 0 Å². The van der Waals surface area contributed by atoms with Crippen LogP contribution in [0.2, 0.25) is 0 Å². The molecular weight excluding hydrogens is 449 g/mol. The first-order valence-electron chi connectivity index (χ1n) is 10.8. The average Bonchev–Trinajstić information content (AvgIpc) is 2.99. The number of hydrogen-bond donors (Lipinski definition) is 1. The maximum absolute atomic E-state index is 15.0. The zero-order chi connectivity index (χ0) is 24.5. The van der Waals surface area contributed by atoms with Crippen LogP contribution in [-0.4, -0.2) is 21.5 Å². The second-order valence-electron chi connectivity index (χ2n) is 8.60. The summed E-state index contributed by atoms with van der Waals surface area (Å²) in [6, 6.07) is 15.7. The summed E-state index contributed by atoms with van der Waals surface area (Å²) in [7, 11) is 0. The number of nitrogens with one attached hydrogen (secondary N) is 1. The van der Waals surface area contributed by atoms with Crippen LogP contribution in [0, 0.1) is 19.3 Å². The molecule has 2 heterocycles. The number of thiocarbonyl (C=S) groups is 1. The van der Waals surface area contributed by atoms with Crippen LogP contribution in [0.15, 0.2) is 60.8 Å². The molecule has 0 saturated carbocycles. The Hall–Kier alpha value is -3.67. The van der Waals surface area contributed by atoms with Crippen LogP contribution in [-0.2, 0) is 17.9 Å². The molecule has 8 heteroatoms. The van der Waals surface area contributed by atoms with Crippen molar-refractivity contribution in [3.8, 4) is 0 Å². The molecular formula is C26H24FN5OS. The van der Waals surface area contributed by atoms with Gasteiger partial charge in [-0.15, -0.1) is 0 Å². The maximum atomic E-state index is 15.0. The molecule has 1 aliphatic rings. The molecule has 1 amide bonds. The third-order valence-corrected chi connectivity index (χ3v) is 6.23. The van der Waals surface area contributed by atoms with E-state index >= 15 is 4.39 Å². The Kier molecular flexibility index (Phi) is 6.42. The van der Waals surface area contributed by atoms with Gasteiger partial charge in [-0.3, -0.25) is 14.7 Å². The van der Waals surface area contributed by atoms with Gasteiger partial charge in [-0.2, -0.15) is 0 Å². The summed E-state index contributed by atoms with van der Waals surface area (Å²) in [5, 5.41) is 3.47. The van der Waals surface area contributed by atoms with Gasteiger partial charge in [0, 0.05) is 36.2 Å². The van der Waals surface area contributed by atoms with E-state index in [0.717, 1.165) is 11.3 Å². The average molecular weight is 474 g/mol. The number of hydrogen-bond acceptors (Lipinski definition) is 4. The first-order valence-corrected chi connectivity index (χ1v) is 11.2. The molecule has 0 atom stereocenters. The minimum absolute atomic E-state index is 0.214. The number of benzene rings is 2. The molecule has 0 unspecified atom stereocenters. The van der Waals surface area contributed by atoms with Gasteiger partial charge in [-0.1, -0.05) is 18.2 Å². The predicted molar refractivity (Wildman–Crippen MR) is 135 cm³/mol. The number of amides is 1. The third-order valence-electron chi connectivity index (χ3n) is 5.87. The standard InChI is InChI=1S/C26H24FN5OS/c1-17-13-20(10-11-23(17)28-4)31-24(33)26(2,3)32(25(31)34)21-9-8-18(22(27)14-21)15-29-16-19-7-5-6-12-30-19/h5-14,29H,15-16H2,1-3H3. The van der Waals surface area contributed by atoms with Crippen LogP contribution in [0.4, 0.5) is 21.5 Å². The molecule has 34 heavy (non-hydrogen) atoms. The topological polar surface area (TPSA) is 52.8 Å². The lowest BCUT2D eigenvalue weighted by Gasteiger charge is -2.29. The van der Waals surface area contributed by atoms with Crippen molar-refractivity contribution in [3.63, 3.8) is 0 Å². The number of aryl methyl sites for hydroxylation is 1. The number of anilines is 2. The quantitative estimate of drug-likeness (QED) is 0.390. The summed E-state index contributed by atoms with van der Waals surface area (Å²) < 4.78 is 15.0. The number of carbonyl (C=O) groups excluding carboxylic acids is 1. The molecule has 172 valence electrons. The Balaban J connectivity index is 1.56. The third kappa shape index (κ3) is 4.28. The Labute approximate surface area is 203 Å². The second kappa shape index (κ2) is 9.29. The van der Waals surface area contributed by atoms with E-state index in [9.17, 15) is 4.79 Å². The predicted octanol–water partition coefficient (Wildman–Crippen LogP) is 5.29. The maximum Gasteiger partial charge on any atom is 0.259 e. The minimum atomic E-state index is -1.01. The van der Waals surface area contributed by atoms with Crippen molar-refractivity contribution in [1.82, 2.24) is 10.3 Å². The van der Waals surface area contributed by atoms with Crippen LogP contribution in [0.5, 0.6) is 0 Å². The van der Waals surface area contributed by atoms with Crippen LogP contribution < -0.4 is 15.1 Å². The van der Waals surface area contributed by atoms with Crippen molar-refractivity contribution < 1.29 is 9.18 Å². The number of rotatable bonds is 6. The molecule has 0 radical (unpaired) electrons. The summed E-state index contributed by atoms with van der Waals surface area (Å²) in [5.74, 6) is -0.596. The van der Waals surface area contributed by atoms with Crippen molar-refractivity contribution in [2.24, 2.45) is 0 Å². The van der Waals surface area contributed by atoms with Crippen LogP contribution in [0.1, 0.15) is 30.7 Å². The molecule has 6 nitrogen and oxygen atoms in total. The van der Waals surface area contributed by atoms with E-state index in [0.29, 0.717) is 35.7 Å². The van der Waals surface area contributed by atoms with E-state index in [1.807, 2.05) is 25.1 Å². The fraction of sp³-hybridized carbons (Fsp3) is 0.231. The van der Waals surface area contributed by atoms with Gasteiger partial charge in [0.15, 0.2) is 10.8 Å². The normalized spacial score (nSPS) is 15.0. The van der Waals surface area contributed by atoms with Crippen molar-refractivity contribution >= 4 is 40.3 Å². The summed E-state index contributed by atoms with van der Waals surface area (Å²) in [6.45, 7) is 13.5. The van der Waals surface area contributed by atoms with Crippen LogP contribution >= 0.6 is 12.2 Å². The van der Waals surface area contributed by atoms with Gasteiger partial charge < -0.3 is 10.2 Å². The SMILES string of the molecule is [C-]#[N+]c1ccc(N2C(=O)C(C)(C)N(c3ccc(CNCc4ccccn4)c(F)c3)C2=S)cc1C. The van der Waals surface area contributed by atoms with E-state index in [1.165, 1.54) is 11.0 Å². The molecule has 1 aromatic heterocycles. The Morgan fingerprint density at radius 2 is 1.88 bits per heavy atom. The molecule has 1 aliphatic heterocycles. The van der Waals surface area contributed by atoms with Gasteiger partial charge in [0.25, 0.3) is 5.91 Å². The molecule has 0 spiro atoms. The second-order valence-corrected chi connectivity index (χ2v) is 8.97. The molecule has 2 aromatic carbocycles.